The van der Waals surface area contributed by atoms with E-state index < -0.39 is 6.09 Å². The molecule has 0 aliphatic heterocycles. The van der Waals surface area contributed by atoms with Gasteiger partial charge in [-0.25, -0.2) is 4.79 Å². The number of carbonyl (C=O) groups is 1. The molecule has 0 unspecified atom stereocenters. The van der Waals surface area contributed by atoms with Crippen LogP contribution in [0, 0.1) is 23.7 Å². The fourth-order valence-electron chi connectivity index (χ4n) is 3.45. The van der Waals surface area contributed by atoms with Crippen LogP contribution in [0.5, 0.6) is 0 Å². The lowest BCUT2D eigenvalue weighted by Crippen LogP contribution is -2.38. The van der Waals surface area contributed by atoms with E-state index in [1.165, 1.54) is 12.8 Å². The van der Waals surface area contributed by atoms with Gasteiger partial charge >= 0.3 is 6.09 Å². The number of hydrogen-bond donors (Lipinski definition) is 1. The molecule has 0 heterocycles. The predicted molar refractivity (Wildman–Crippen MR) is 83.3 cm³/mol. The van der Waals surface area contributed by atoms with Crippen molar-refractivity contribution in [1.82, 2.24) is 0 Å². The summed E-state index contributed by atoms with van der Waals surface area (Å²) in [4.78, 5) is 11.2. The monoisotopic (exact) mass is 281 g/mol. The molecule has 0 aromatic carbocycles. The molecule has 3 nitrogen and oxygen atoms in total. The molecule has 4 atom stereocenters. The highest BCUT2D eigenvalue weighted by molar-refractivity contribution is 5.65. The Morgan fingerprint density at radius 3 is 2.60 bits per heavy atom. The van der Waals surface area contributed by atoms with E-state index in [0.29, 0.717) is 23.7 Å². The second kappa shape index (κ2) is 8.33. The zero-order valence-electron chi connectivity index (χ0n) is 13.5. The summed E-state index contributed by atoms with van der Waals surface area (Å²) in [5.74, 6) is 2.33. The second-order valence-electron chi connectivity index (χ2n) is 6.61. The molecule has 20 heavy (non-hydrogen) atoms. The van der Waals surface area contributed by atoms with Crippen molar-refractivity contribution in [3.63, 3.8) is 0 Å². The molecule has 1 aliphatic rings. The quantitative estimate of drug-likeness (QED) is 0.728. The third-order valence-corrected chi connectivity index (χ3v) is 4.53. The minimum Gasteiger partial charge on any atom is -0.442 e. The molecule has 0 bridgehead atoms. The molecule has 0 aromatic rings. The van der Waals surface area contributed by atoms with E-state index in [9.17, 15) is 4.79 Å². The Morgan fingerprint density at radius 1 is 1.35 bits per heavy atom. The maximum Gasteiger partial charge on any atom is 0.405 e. The van der Waals surface area contributed by atoms with Crippen molar-refractivity contribution in [2.45, 2.75) is 65.9 Å². The van der Waals surface area contributed by atoms with Gasteiger partial charge in [-0.15, -0.1) is 0 Å². The van der Waals surface area contributed by atoms with E-state index in [1.807, 2.05) is 0 Å². The van der Waals surface area contributed by atoms with Gasteiger partial charge in [0.25, 0.3) is 0 Å². The molecule has 2 N–H and O–H groups in total. The molecule has 1 saturated carbocycles. The maximum atomic E-state index is 11.2. The summed E-state index contributed by atoms with van der Waals surface area (Å²) in [7, 11) is 0. The average Bonchev–Trinajstić information content (AvgIpc) is 2.37. The third-order valence-electron chi connectivity index (χ3n) is 4.53. The van der Waals surface area contributed by atoms with Crippen LogP contribution in [-0.2, 0) is 4.74 Å². The van der Waals surface area contributed by atoms with Crippen LogP contribution in [0.25, 0.3) is 0 Å². The Morgan fingerprint density at radius 2 is 2.05 bits per heavy atom. The molecule has 0 spiro atoms. The van der Waals surface area contributed by atoms with Crippen molar-refractivity contribution in [3.8, 4) is 0 Å². The van der Waals surface area contributed by atoms with Crippen molar-refractivity contribution < 1.29 is 9.53 Å². The molecule has 1 rings (SSSR count). The van der Waals surface area contributed by atoms with Gasteiger partial charge in [-0.1, -0.05) is 46.6 Å². The minimum absolute atomic E-state index is 0.158. The predicted octanol–water partition coefficient (Wildman–Crippen LogP) is 4.52. The SMILES string of the molecule is CCC/C=C/[C@@H](OC(N)=O)[C@@H]1C[C@H](C)CC[C@H]1C(C)C. The van der Waals surface area contributed by atoms with Crippen LogP contribution in [0.15, 0.2) is 12.2 Å². The molecule has 1 fully saturated rings. The molecule has 3 heteroatoms. The first-order valence-electron chi connectivity index (χ1n) is 8.08. The first-order chi connectivity index (χ1) is 9.45. The molecule has 0 aromatic heterocycles. The lowest BCUT2D eigenvalue weighted by Gasteiger charge is -2.40. The summed E-state index contributed by atoms with van der Waals surface area (Å²) in [6.07, 6.45) is 9.13. The van der Waals surface area contributed by atoms with Gasteiger partial charge in [0.15, 0.2) is 0 Å². The fraction of sp³-hybridized carbons (Fsp3) is 0.824. The number of amides is 1. The molecule has 1 amide bonds. The van der Waals surface area contributed by atoms with E-state index in [0.717, 1.165) is 19.3 Å². The summed E-state index contributed by atoms with van der Waals surface area (Å²) in [5, 5.41) is 0. The van der Waals surface area contributed by atoms with E-state index >= 15 is 0 Å². The van der Waals surface area contributed by atoms with Gasteiger partial charge in [0, 0.05) is 5.92 Å². The van der Waals surface area contributed by atoms with Crippen molar-refractivity contribution in [2.24, 2.45) is 29.4 Å². The molecule has 116 valence electrons. The normalized spacial score (nSPS) is 28.8. The number of unbranched alkanes of at least 4 members (excludes halogenated alkanes) is 1. The average molecular weight is 281 g/mol. The van der Waals surface area contributed by atoms with Gasteiger partial charge in [-0.2, -0.15) is 0 Å². The Kier molecular flexibility index (Phi) is 7.11. The van der Waals surface area contributed by atoms with Gasteiger partial charge < -0.3 is 10.5 Å². The van der Waals surface area contributed by atoms with E-state index in [4.69, 9.17) is 10.5 Å². The summed E-state index contributed by atoms with van der Waals surface area (Å²) in [6.45, 7) is 8.98. The molecule has 1 aliphatic carbocycles. The van der Waals surface area contributed by atoms with Crippen molar-refractivity contribution >= 4 is 6.09 Å². The molecular formula is C17H31NO2. The van der Waals surface area contributed by atoms with Crippen LogP contribution in [0.2, 0.25) is 0 Å². The maximum absolute atomic E-state index is 11.2. The van der Waals surface area contributed by atoms with Crippen LogP contribution in [-0.4, -0.2) is 12.2 Å². The molecular weight excluding hydrogens is 250 g/mol. The van der Waals surface area contributed by atoms with Crippen molar-refractivity contribution in [3.05, 3.63) is 12.2 Å². The molecule has 0 saturated heterocycles. The van der Waals surface area contributed by atoms with E-state index in [2.05, 4.69) is 39.8 Å². The molecule has 0 radical (unpaired) electrons. The van der Waals surface area contributed by atoms with Crippen LogP contribution >= 0.6 is 0 Å². The van der Waals surface area contributed by atoms with E-state index in [-0.39, 0.29) is 6.10 Å². The third kappa shape index (κ3) is 5.18. The summed E-state index contributed by atoms with van der Waals surface area (Å²) in [5.41, 5.74) is 5.27. The standard InChI is InChI=1S/C17H31NO2/c1-5-6-7-8-16(20-17(18)19)15-11-13(4)9-10-14(15)12(2)3/h7-8,12-16H,5-6,9-11H2,1-4H3,(H2,18,19)/b8-7+/t13-,14+,15-,16-/m1/s1. The van der Waals surface area contributed by atoms with Crippen LogP contribution < -0.4 is 5.73 Å². The Labute approximate surface area is 123 Å². The van der Waals surface area contributed by atoms with Crippen LogP contribution in [0.4, 0.5) is 4.79 Å². The smallest absolute Gasteiger partial charge is 0.405 e. The van der Waals surface area contributed by atoms with Crippen molar-refractivity contribution in [2.75, 3.05) is 0 Å². The fourth-order valence-corrected chi connectivity index (χ4v) is 3.45. The largest absolute Gasteiger partial charge is 0.442 e. The summed E-state index contributed by atoms with van der Waals surface area (Å²) in [6, 6.07) is 0. The second-order valence-corrected chi connectivity index (χ2v) is 6.61. The summed E-state index contributed by atoms with van der Waals surface area (Å²) >= 11 is 0. The van der Waals surface area contributed by atoms with Crippen molar-refractivity contribution in [1.29, 1.82) is 0 Å². The minimum atomic E-state index is -0.656. The Hall–Kier alpha value is -0.990. The number of carbonyl (C=O) groups excluding carboxylic acids is 1. The van der Waals surface area contributed by atoms with Crippen LogP contribution in [0.3, 0.4) is 0 Å². The highest BCUT2D eigenvalue weighted by atomic mass is 16.6. The van der Waals surface area contributed by atoms with Gasteiger partial charge in [0.05, 0.1) is 0 Å². The number of hydrogen-bond acceptors (Lipinski definition) is 2. The lowest BCUT2D eigenvalue weighted by molar-refractivity contribution is 0.0281. The first-order valence-corrected chi connectivity index (χ1v) is 8.08. The first kappa shape index (κ1) is 17.1. The zero-order valence-corrected chi connectivity index (χ0v) is 13.5. The highest BCUT2D eigenvalue weighted by Crippen LogP contribution is 2.40. The lowest BCUT2D eigenvalue weighted by atomic mass is 9.68. The highest BCUT2D eigenvalue weighted by Gasteiger charge is 2.36. The number of primary amides is 1. The van der Waals surface area contributed by atoms with Gasteiger partial charge in [0.2, 0.25) is 0 Å². The zero-order chi connectivity index (χ0) is 15.1. The Bertz CT molecular complexity index is 325. The van der Waals surface area contributed by atoms with Gasteiger partial charge in [-0.05, 0) is 43.1 Å². The number of ether oxygens (including phenoxy) is 1. The number of nitrogens with two attached hydrogens (primary N) is 1. The van der Waals surface area contributed by atoms with Crippen LogP contribution in [0.1, 0.15) is 59.8 Å². The number of rotatable bonds is 6. The summed E-state index contributed by atoms with van der Waals surface area (Å²) < 4.78 is 5.42. The van der Waals surface area contributed by atoms with E-state index in [1.54, 1.807) is 0 Å². The van der Waals surface area contributed by atoms with Gasteiger partial charge in [-0.3, -0.25) is 0 Å². The Balaban J connectivity index is 2.85. The topological polar surface area (TPSA) is 52.3 Å². The van der Waals surface area contributed by atoms with Gasteiger partial charge in [0.1, 0.15) is 6.10 Å². The number of allylic oxidation sites excluding steroid dienone is 1.